The van der Waals surface area contributed by atoms with E-state index < -0.39 is 0 Å². The highest BCUT2D eigenvalue weighted by Crippen LogP contribution is 2.42. The molecule has 0 aliphatic rings. The van der Waals surface area contributed by atoms with Crippen LogP contribution in [0, 0.1) is 6.92 Å². The number of rotatable bonds is 2. The van der Waals surface area contributed by atoms with Crippen molar-refractivity contribution in [1.82, 2.24) is 0 Å². The van der Waals surface area contributed by atoms with Crippen molar-refractivity contribution in [2.75, 3.05) is 0 Å². The van der Waals surface area contributed by atoms with Gasteiger partial charge in [-0.1, -0.05) is 60.2 Å². The van der Waals surface area contributed by atoms with Crippen LogP contribution in [-0.2, 0) is 0 Å². The number of hydrogen-bond donors (Lipinski definition) is 0. The van der Waals surface area contributed by atoms with Gasteiger partial charge in [-0.15, -0.1) is 0 Å². The van der Waals surface area contributed by atoms with Gasteiger partial charge in [0.25, 0.3) is 0 Å². The molecule has 0 saturated heterocycles. The van der Waals surface area contributed by atoms with Crippen LogP contribution in [0.3, 0.4) is 0 Å². The quantitative estimate of drug-likeness (QED) is 0.582. The summed E-state index contributed by atoms with van der Waals surface area (Å²) in [5.41, 5.74) is 1.11. The summed E-state index contributed by atoms with van der Waals surface area (Å²) >= 11 is 2.55. The average Bonchev–Trinajstić information content (AvgIpc) is 2.30. The van der Waals surface area contributed by atoms with Crippen molar-refractivity contribution in [3.63, 3.8) is 0 Å². The largest absolute Gasteiger partial charge is 0.0622 e. The molecule has 2 aromatic rings. The molecule has 1 unspecified atom stereocenters. The van der Waals surface area contributed by atoms with Gasteiger partial charge in [-0.25, -0.2) is 0 Å². The molecule has 0 bridgehead atoms. The third kappa shape index (κ3) is 2.79. The molecule has 0 saturated carbocycles. The minimum absolute atomic E-state index is 0.213. The van der Waals surface area contributed by atoms with Gasteiger partial charge in [0.2, 0.25) is 0 Å². The van der Waals surface area contributed by atoms with Crippen LogP contribution in [-0.4, -0.2) is 0 Å². The fraction of sp³-hybridized carbons (Fsp3) is 0.0769. The van der Waals surface area contributed by atoms with Crippen LogP contribution in [0.25, 0.3) is 0 Å². The van der Waals surface area contributed by atoms with Gasteiger partial charge >= 0.3 is 0 Å². The maximum absolute atomic E-state index is 2.55. The molecule has 0 aliphatic heterocycles. The summed E-state index contributed by atoms with van der Waals surface area (Å²) in [5, 5.41) is 2.86. The Morgan fingerprint density at radius 2 is 1.33 bits per heavy atom. The van der Waals surface area contributed by atoms with E-state index in [1.165, 1.54) is 16.2 Å². The zero-order valence-corrected chi connectivity index (χ0v) is 11.6. The Kier molecular flexibility index (Phi) is 3.76. The van der Waals surface area contributed by atoms with Gasteiger partial charge in [-0.2, -0.15) is 0 Å². The fourth-order valence-corrected chi connectivity index (χ4v) is 4.46. The van der Waals surface area contributed by atoms with Crippen LogP contribution in [0.1, 0.15) is 5.56 Å². The molecule has 0 fully saturated rings. The molecular formula is C13H12IP. The molecule has 76 valence electrons. The first-order valence-corrected chi connectivity index (χ1v) is 8.98. The molecular weight excluding hydrogens is 314 g/mol. The lowest BCUT2D eigenvalue weighted by Gasteiger charge is -2.10. The van der Waals surface area contributed by atoms with Gasteiger partial charge in [0.05, 0.1) is 0 Å². The van der Waals surface area contributed by atoms with E-state index in [-0.39, 0.29) is 5.56 Å². The van der Waals surface area contributed by atoms with Crippen LogP contribution in [0.5, 0.6) is 0 Å². The van der Waals surface area contributed by atoms with Crippen molar-refractivity contribution < 1.29 is 0 Å². The first kappa shape index (κ1) is 11.1. The van der Waals surface area contributed by atoms with E-state index in [4.69, 9.17) is 0 Å². The maximum Gasteiger partial charge on any atom is 0.0215 e. The molecule has 0 aromatic heterocycles. The maximum atomic E-state index is 2.55. The Balaban J connectivity index is 2.29. The molecule has 2 rings (SSSR count). The Hall–Kier alpha value is -0.400. The van der Waals surface area contributed by atoms with E-state index in [0.717, 1.165) is 0 Å². The Labute approximate surface area is 105 Å². The van der Waals surface area contributed by atoms with Crippen molar-refractivity contribution in [3.05, 3.63) is 60.2 Å². The van der Waals surface area contributed by atoms with Crippen LogP contribution in [0.15, 0.2) is 54.6 Å². The molecule has 0 amide bonds. The monoisotopic (exact) mass is 326 g/mol. The minimum Gasteiger partial charge on any atom is -0.0622 e. The van der Waals surface area contributed by atoms with Crippen LogP contribution in [0.4, 0.5) is 0 Å². The van der Waals surface area contributed by atoms with E-state index in [1.807, 2.05) is 0 Å². The molecule has 0 aliphatic carbocycles. The summed E-state index contributed by atoms with van der Waals surface area (Å²) in [7, 11) is 0. The first-order chi connectivity index (χ1) is 7.27. The van der Waals surface area contributed by atoms with E-state index in [1.54, 1.807) is 0 Å². The Morgan fingerprint density at radius 1 is 0.800 bits per heavy atom. The summed E-state index contributed by atoms with van der Waals surface area (Å²) in [6, 6.07) is 19.5. The third-order valence-corrected chi connectivity index (χ3v) is 7.09. The molecule has 0 N–H and O–H groups in total. The lowest BCUT2D eigenvalue weighted by molar-refractivity contribution is 1.49. The summed E-state index contributed by atoms with van der Waals surface area (Å²) in [6.07, 6.45) is 0. The molecule has 15 heavy (non-hydrogen) atoms. The topological polar surface area (TPSA) is 0 Å². The van der Waals surface area contributed by atoms with Crippen LogP contribution >= 0.6 is 27.6 Å². The van der Waals surface area contributed by atoms with E-state index in [9.17, 15) is 0 Å². The second kappa shape index (κ2) is 5.09. The van der Waals surface area contributed by atoms with Gasteiger partial charge in [-0.05, 0) is 39.6 Å². The second-order valence-corrected chi connectivity index (χ2v) is 7.94. The van der Waals surface area contributed by atoms with E-state index in [0.29, 0.717) is 0 Å². The SMILES string of the molecule is Cc1ccc(P(I)c2ccccc2)cc1. The van der Waals surface area contributed by atoms with E-state index >= 15 is 0 Å². The standard InChI is InChI=1S/C13H12IP/c1-11-7-9-13(10-8-11)15(14)12-5-3-2-4-6-12/h2-10H,1H3. The van der Waals surface area contributed by atoms with Crippen molar-refractivity contribution in [2.24, 2.45) is 0 Å². The molecule has 2 heteroatoms. The van der Waals surface area contributed by atoms with Crippen LogP contribution in [0.2, 0.25) is 0 Å². The zero-order chi connectivity index (χ0) is 10.7. The van der Waals surface area contributed by atoms with Gasteiger partial charge in [0, 0.05) is 5.56 Å². The molecule has 0 radical (unpaired) electrons. The molecule has 1 atom stereocenters. The van der Waals surface area contributed by atoms with Gasteiger partial charge in [0.1, 0.15) is 0 Å². The lowest BCUT2D eigenvalue weighted by Crippen LogP contribution is -2.06. The predicted octanol–water partition coefficient (Wildman–Crippen LogP) is 3.78. The highest BCUT2D eigenvalue weighted by atomic mass is 127. The highest BCUT2D eigenvalue weighted by molar-refractivity contribution is 14.2. The van der Waals surface area contributed by atoms with Crippen LogP contribution < -0.4 is 10.6 Å². The summed E-state index contributed by atoms with van der Waals surface area (Å²) in [5.74, 6) is 0. The normalized spacial score (nSPS) is 12.4. The number of aryl methyl sites for hydroxylation is 1. The fourth-order valence-electron chi connectivity index (χ4n) is 1.38. The second-order valence-electron chi connectivity index (χ2n) is 3.45. The zero-order valence-electron chi connectivity index (χ0n) is 8.52. The average molecular weight is 326 g/mol. The lowest BCUT2D eigenvalue weighted by atomic mass is 10.2. The van der Waals surface area contributed by atoms with E-state index in [2.05, 4.69) is 83.6 Å². The minimum atomic E-state index is -0.213. The Morgan fingerprint density at radius 3 is 1.93 bits per heavy atom. The predicted molar refractivity (Wildman–Crippen MR) is 77.8 cm³/mol. The number of halogens is 1. The summed E-state index contributed by atoms with van der Waals surface area (Å²) in [6.45, 7) is 2.13. The molecule has 0 spiro atoms. The van der Waals surface area contributed by atoms with Crippen molar-refractivity contribution in [1.29, 1.82) is 0 Å². The van der Waals surface area contributed by atoms with Crippen molar-refractivity contribution in [3.8, 4) is 0 Å². The van der Waals surface area contributed by atoms with Gasteiger partial charge in [-0.3, -0.25) is 0 Å². The van der Waals surface area contributed by atoms with Gasteiger partial charge in [0.15, 0.2) is 0 Å². The molecule has 0 nitrogen and oxygen atoms in total. The Bertz CT molecular complexity index is 422. The third-order valence-electron chi connectivity index (χ3n) is 2.24. The van der Waals surface area contributed by atoms with Crippen molar-refractivity contribution >= 4 is 38.2 Å². The summed E-state index contributed by atoms with van der Waals surface area (Å²) < 4.78 is 0. The summed E-state index contributed by atoms with van der Waals surface area (Å²) in [4.78, 5) is 0. The molecule has 2 aromatic carbocycles. The molecule has 0 heterocycles. The highest BCUT2D eigenvalue weighted by Gasteiger charge is 2.08. The smallest absolute Gasteiger partial charge is 0.0215 e. The first-order valence-electron chi connectivity index (χ1n) is 4.85. The van der Waals surface area contributed by atoms with Crippen molar-refractivity contribution in [2.45, 2.75) is 6.92 Å². The van der Waals surface area contributed by atoms with Gasteiger partial charge < -0.3 is 0 Å². The number of hydrogen-bond acceptors (Lipinski definition) is 0. The number of benzene rings is 2.